The van der Waals surface area contributed by atoms with Crippen molar-refractivity contribution in [2.45, 2.75) is 33.1 Å². The highest BCUT2D eigenvalue weighted by molar-refractivity contribution is 6.33. The summed E-state index contributed by atoms with van der Waals surface area (Å²) in [6, 6.07) is 6.23. The lowest BCUT2D eigenvalue weighted by Gasteiger charge is -2.10. The van der Waals surface area contributed by atoms with Crippen LogP contribution in [-0.4, -0.2) is 16.5 Å². The van der Waals surface area contributed by atoms with Crippen LogP contribution in [0.1, 0.15) is 32.4 Å². The number of anilines is 1. The Morgan fingerprint density at radius 1 is 1.14 bits per heavy atom. The van der Waals surface area contributed by atoms with E-state index >= 15 is 0 Å². The van der Waals surface area contributed by atoms with Gasteiger partial charge in [-0.05, 0) is 31.0 Å². The normalized spacial score (nSPS) is 10.7. The number of aromatic nitrogens is 2. The largest absolute Gasteiger partial charge is 0.370 e. The average Bonchev–Trinajstić information content (AvgIpc) is 2.45. The van der Waals surface area contributed by atoms with Crippen molar-refractivity contribution >= 4 is 17.4 Å². The second-order valence-electron chi connectivity index (χ2n) is 4.87. The van der Waals surface area contributed by atoms with Crippen LogP contribution < -0.4 is 5.32 Å². The Hall–Kier alpha value is -1.68. The van der Waals surface area contributed by atoms with Crippen molar-refractivity contribution in [1.82, 2.24) is 9.97 Å². The first-order chi connectivity index (χ1) is 10.1. The summed E-state index contributed by atoms with van der Waals surface area (Å²) in [5.41, 5.74) is 1.61. The molecule has 2 aromatic rings. The molecule has 0 aliphatic carbocycles. The summed E-state index contributed by atoms with van der Waals surface area (Å²) in [4.78, 5) is 9.02. The number of nitrogens with one attached hydrogen (secondary N) is 1. The van der Waals surface area contributed by atoms with E-state index in [9.17, 15) is 4.39 Å². The van der Waals surface area contributed by atoms with Crippen molar-refractivity contribution < 1.29 is 4.39 Å². The summed E-state index contributed by atoms with van der Waals surface area (Å²) in [5, 5.41) is 3.59. The summed E-state index contributed by atoms with van der Waals surface area (Å²) in [7, 11) is 0. The fourth-order valence-electron chi connectivity index (χ4n) is 2.02. The molecule has 0 aliphatic heterocycles. The lowest BCUT2D eigenvalue weighted by molar-refractivity contribution is 0.628. The van der Waals surface area contributed by atoms with Gasteiger partial charge in [-0.25, -0.2) is 14.4 Å². The predicted octanol–water partition coefficient (Wildman–Crippen LogP) is 4.71. The molecule has 0 saturated heterocycles. The molecule has 1 N–H and O–H groups in total. The van der Waals surface area contributed by atoms with E-state index in [1.54, 1.807) is 6.07 Å². The van der Waals surface area contributed by atoms with Gasteiger partial charge in [0.15, 0.2) is 5.82 Å². The molecule has 1 heterocycles. The van der Waals surface area contributed by atoms with Gasteiger partial charge in [-0.3, -0.25) is 0 Å². The summed E-state index contributed by atoms with van der Waals surface area (Å²) in [6.07, 6.45) is 2.88. The second-order valence-corrected chi connectivity index (χ2v) is 5.28. The molecule has 2 rings (SSSR count). The molecular weight excluding hydrogens is 289 g/mol. The molecule has 21 heavy (non-hydrogen) atoms. The third kappa shape index (κ3) is 4.14. The summed E-state index contributed by atoms with van der Waals surface area (Å²) < 4.78 is 13.2. The van der Waals surface area contributed by atoms with Gasteiger partial charge >= 0.3 is 0 Å². The molecule has 5 heteroatoms. The minimum absolute atomic E-state index is 0.324. The molecule has 0 bridgehead atoms. The van der Waals surface area contributed by atoms with Gasteiger partial charge in [0.25, 0.3) is 0 Å². The SMILES string of the molecule is CCCNc1cc(CCC)nc(-c2ccc(F)cc2Cl)n1. The topological polar surface area (TPSA) is 37.8 Å². The first-order valence-electron chi connectivity index (χ1n) is 7.21. The molecule has 0 fully saturated rings. The Morgan fingerprint density at radius 2 is 1.95 bits per heavy atom. The Kier molecular flexibility index (Phi) is 5.51. The maximum atomic E-state index is 13.2. The summed E-state index contributed by atoms with van der Waals surface area (Å²) in [5.74, 6) is 0.952. The van der Waals surface area contributed by atoms with E-state index in [1.807, 2.05) is 6.07 Å². The highest BCUT2D eigenvalue weighted by atomic mass is 35.5. The zero-order valence-electron chi connectivity index (χ0n) is 12.3. The maximum absolute atomic E-state index is 13.2. The molecule has 0 amide bonds. The monoisotopic (exact) mass is 307 g/mol. The number of hydrogen-bond acceptors (Lipinski definition) is 3. The molecule has 0 saturated carbocycles. The predicted molar refractivity (Wildman–Crippen MR) is 85.2 cm³/mol. The number of rotatable bonds is 6. The van der Waals surface area contributed by atoms with Crippen LogP contribution in [0.15, 0.2) is 24.3 Å². The van der Waals surface area contributed by atoms with Crippen molar-refractivity contribution in [2.75, 3.05) is 11.9 Å². The van der Waals surface area contributed by atoms with E-state index in [1.165, 1.54) is 12.1 Å². The molecule has 112 valence electrons. The first kappa shape index (κ1) is 15.7. The first-order valence-corrected chi connectivity index (χ1v) is 7.59. The van der Waals surface area contributed by atoms with Crippen LogP contribution in [0.4, 0.5) is 10.2 Å². The number of benzene rings is 1. The smallest absolute Gasteiger partial charge is 0.163 e. The summed E-state index contributed by atoms with van der Waals surface area (Å²) in [6.45, 7) is 5.05. The highest BCUT2D eigenvalue weighted by Gasteiger charge is 2.11. The van der Waals surface area contributed by atoms with E-state index in [0.29, 0.717) is 16.4 Å². The molecule has 3 nitrogen and oxygen atoms in total. The number of aryl methyl sites for hydroxylation is 1. The fraction of sp³-hybridized carbons (Fsp3) is 0.375. The van der Waals surface area contributed by atoms with Gasteiger partial charge in [-0.2, -0.15) is 0 Å². The average molecular weight is 308 g/mol. The van der Waals surface area contributed by atoms with Gasteiger partial charge in [0.05, 0.1) is 5.02 Å². The molecular formula is C16H19ClFN3. The number of nitrogens with zero attached hydrogens (tertiary/aromatic N) is 2. The molecule has 0 radical (unpaired) electrons. The third-order valence-corrected chi connectivity index (χ3v) is 3.33. The zero-order valence-corrected chi connectivity index (χ0v) is 13.0. The lowest BCUT2D eigenvalue weighted by Crippen LogP contribution is -2.05. The highest BCUT2D eigenvalue weighted by Crippen LogP contribution is 2.27. The minimum atomic E-state index is -0.363. The molecule has 0 spiro atoms. The standard InChI is InChI=1S/C16H19ClFN3/c1-3-5-12-10-15(19-8-4-2)21-16(20-12)13-7-6-11(18)9-14(13)17/h6-7,9-10H,3-5,8H2,1-2H3,(H,19,20,21). The van der Waals surface area contributed by atoms with Crippen LogP contribution >= 0.6 is 11.6 Å². The zero-order chi connectivity index (χ0) is 15.2. The van der Waals surface area contributed by atoms with Crippen molar-refractivity contribution in [3.05, 3.63) is 40.8 Å². The van der Waals surface area contributed by atoms with Crippen LogP contribution in [0.2, 0.25) is 5.02 Å². The quantitative estimate of drug-likeness (QED) is 0.839. The van der Waals surface area contributed by atoms with Crippen molar-refractivity contribution in [3.63, 3.8) is 0 Å². The van der Waals surface area contributed by atoms with E-state index in [4.69, 9.17) is 11.6 Å². The van der Waals surface area contributed by atoms with Crippen molar-refractivity contribution in [3.8, 4) is 11.4 Å². The van der Waals surface area contributed by atoms with E-state index in [-0.39, 0.29) is 5.82 Å². The van der Waals surface area contributed by atoms with Gasteiger partial charge in [0, 0.05) is 23.9 Å². The third-order valence-electron chi connectivity index (χ3n) is 3.01. The lowest BCUT2D eigenvalue weighted by atomic mass is 10.2. The number of halogens is 2. The maximum Gasteiger partial charge on any atom is 0.163 e. The van der Waals surface area contributed by atoms with Crippen LogP contribution in [0.25, 0.3) is 11.4 Å². The minimum Gasteiger partial charge on any atom is -0.370 e. The van der Waals surface area contributed by atoms with Crippen molar-refractivity contribution in [1.29, 1.82) is 0 Å². The molecule has 1 aromatic carbocycles. The van der Waals surface area contributed by atoms with Gasteiger partial charge in [0.2, 0.25) is 0 Å². The Labute approximate surface area is 129 Å². The fourth-order valence-corrected chi connectivity index (χ4v) is 2.27. The van der Waals surface area contributed by atoms with E-state index < -0.39 is 0 Å². The number of hydrogen-bond donors (Lipinski definition) is 1. The molecule has 0 aliphatic rings. The molecule has 1 aromatic heterocycles. The van der Waals surface area contributed by atoms with Gasteiger partial charge < -0.3 is 5.32 Å². The Morgan fingerprint density at radius 3 is 2.62 bits per heavy atom. The van der Waals surface area contributed by atoms with E-state index in [0.717, 1.165) is 37.3 Å². The molecule has 0 unspecified atom stereocenters. The summed E-state index contributed by atoms with van der Waals surface area (Å²) >= 11 is 6.11. The van der Waals surface area contributed by atoms with Crippen LogP contribution in [0.5, 0.6) is 0 Å². The Balaban J connectivity index is 2.43. The Bertz CT molecular complexity index is 616. The second kappa shape index (κ2) is 7.36. The van der Waals surface area contributed by atoms with Gasteiger partial charge in [-0.1, -0.05) is 31.9 Å². The van der Waals surface area contributed by atoms with Crippen molar-refractivity contribution in [2.24, 2.45) is 0 Å². The van der Waals surface area contributed by atoms with Gasteiger partial charge in [0.1, 0.15) is 11.6 Å². The van der Waals surface area contributed by atoms with Crippen LogP contribution in [0.3, 0.4) is 0 Å². The van der Waals surface area contributed by atoms with Crippen LogP contribution in [-0.2, 0) is 6.42 Å². The molecule has 0 atom stereocenters. The van der Waals surface area contributed by atoms with Crippen LogP contribution in [0, 0.1) is 5.82 Å². The van der Waals surface area contributed by atoms with Gasteiger partial charge in [-0.15, -0.1) is 0 Å². The van der Waals surface area contributed by atoms with E-state index in [2.05, 4.69) is 29.1 Å².